The number of aliphatic hydroxyl groups is 2. The molecule has 0 aliphatic heterocycles. The van der Waals surface area contributed by atoms with E-state index < -0.39 is 0 Å². The number of aliphatic hydroxyl groups excluding tert-OH is 2. The Hall–Kier alpha value is -2.94. The highest BCUT2D eigenvalue weighted by Gasteiger charge is 2.35. The van der Waals surface area contributed by atoms with Crippen LogP contribution in [0.4, 0.5) is 0 Å². The summed E-state index contributed by atoms with van der Waals surface area (Å²) in [5.41, 5.74) is 7.40. The molecule has 0 saturated carbocycles. The van der Waals surface area contributed by atoms with Crippen LogP contribution in [0, 0.1) is 22.7 Å². The van der Waals surface area contributed by atoms with Crippen LogP contribution in [0.5, 0.6) is 0 Å². The molecule has 4 atom stereocenters. The van der Waals surface area contributed by atoms with Crippen molar-refractivity contribution in [2.75, 3.05) is 0 Å². The standard InChI is InChI=1S/C40H56O2/c1-29(17-13-19-31(3)21-23-37-33(5)25-35(41)27-39(37,7)8)15-11-12-16-30(2)18-14-20-32(4)22-24-38-34(6)26-36(42)28-40(38,9)10/h11-26,35-38,41-42H,27-28H2,1-10H3/b12-11+,17-13+,18-14+,23-21+,24-22+,29-15+,30-16+,31-19+,32-20+/t35-,36-,37-,38+/m0/s1. The van der Waals surface area contributed by atoms with E-state index in [1.54, 1.807) is 0 Å². The molecule has 228 valence electrons. The second-order valence-corrected chi connectivity index (χ2v) is 13.8. The SMILES string of the molecule is CC1=C[C@H](O)CC(C)(C)[C@@H]1/C=C/C(C)=C/C=C/C(C)=C/C=C/C=C(C)/C=C/C=C(C)/C=C/[C@H]1C(C)=C[C@H](O)CC1(C)C. The first-order valence-electron chi connectivity index (χ1n) is 15.4. The first kappa shape index (κ1) is 35.3. The van der Waals surface area contributed by atoms with Crippen molar-refractivity contribution in [3.8, 4) is 0 Å². The summed E-state index contributed by atoms with van der Waals surface area (Å²) in [5, 5.41) is 20.1. The van der Waals surface area contributed by atoms with Gasteiger partial charge in [-0.3, -0.25) is 0 Å². The Morgan fingerprint density at radius 3 is 1.21 bits per heavy atom. The molecule has 42 heavy (non-hydrogen) atoms. The van der Waals surface area contributed by atoms with Crippen molar-refractivity contribution >= 4 is 0 Å². The lowest BCUT2D eigenvalue weighted by atomic mass is 9.67. The fourth-order valence-electron chi connectivity index (χ4n) is 6.16. The van der Waals surface area contributed by atoms with E-state index >= 15 is 0 Å². The summed E-state index contributed by atoms with van der Waals surface area (Å²) >= 11 is 0. The van der Waals surface area contributed by atoms with Crippen LogP contribution in [0.25, 0.3) is 0 Å². The minimum absolute atomic E-state index is 0.0574. The molecule has 2 nitrogen and oxygen atoms in total. The number of allylic oxidation sites excluding steroid dienone is 20. The summed E-state index contributed by atoms with van der Waals surface area (Å²) in [5.74, 6) is 0.696. The second-order valence-electron chi connectivity index (χ2n) is 13.8. The van der Waals surface area contributed by atoms with Crippen molar-refractivity contribution in [3.63, 3.8) is 0 Å². The molecule has 0 aromatic rings. The minimum atomic E-state index is -0.331. The lowest BCUT2D eigenvalue weighted by Crippen LogP contribution is -2.32. The van der Waals surface area contributed by atoms with Crippen molar-refractivity contribution < 1.29 is 10.2 Å². The molecular weight excluding hydrogens is 512 g/mol. The van der Waals surface area contributed by atoms with Gasteiger partial charge >= 0.3 is 0 Å². The van der Waals surface area contributed by atoms with Crippen LogP contribution in [-0.4, -0.2) is 22.4 Å². The Morgan fingerprint density at radius 1 is 0.571 bits per heavy atom. The number of hydrogen-bond acceptors (Lipinski definition) is 2. The maximum Gasteiger partial charge on any atom is 0.0729 e. The molecule has 2 aliphatic rings. The molecular formula is C40H56O2. The Morgan fingerprint density at radius 2 is 0.881 bits per heavy atom. The Labute approximate surface area is 257 Å². The summed E-state index contributed by atoms with van der Waals surface area (Å²) < 4.78 is 0. The van der Waals surface area contributed by atoms with Crippen molar-refractivity contribution in [2.45, 2.75) is 94.3 Å². The van der Waals surface area contributed by atoms with E-state index in [0.29, 0.717) is 11.8 Å². The van der Waals surface area contributed by atoms with Crippen LogP contribution >= 0.6 is 0 Å². The molecule has 2 N–H and O–H groups in total. The lowest BCUT2D eigenvalue weighted by molar-refractivity contribution is 0.117. The van der Waals surface area contributed by atoms with Gasteiger partial charge in [-0.2, -0.15) is 0 Å². The summed E-state index contributed by atoms with van der Waals surface area (Å²) in [6.45, 7) is 21.6. The summed E-state index contributed by atoms with van der Waals surface area (Å²) in [6, 6.07) is 0. The number of hydrogen-bond donors (Lipinski definition) is 2. The lowest BCUT2D eigenvalue weighted by Gasteiger charge is -2.38. The molecule has 0 bridgehead atoms. The maximum atomic E-state index is 10.1. The van der Waals surface area contributed by atoms with Gasteiger partial charge in [0.15, 0.2) is 0 Å². The largest absolute Gasteiger partial charge is 0.389 e. The van der Waals surface area contributed by atoms with Crippen molar-refractivity contribution in [2.24, 2.45) is 22.7 Å². The van der Waals surface area contributed by atoms with Crippen LogP contribution in [0.1, 0.15) is 82.1 Å². The normalized spacial score (nSPS) is 28.1. The van der Waals surface area contributed by atoms with Crippen LogP contribution < -0.4 is 0 Å². The highest BCUT2D eigenvalue weighted by Crippen LogP contribution is 2.42. The topological polar surface area (TPSA) is 40.5 Å². The molecule has 0 aromatic heterocycles. The highest BCUT2D eigenvalue weighted by molar-refractivity contribution is 5.33. The Bertz CT molecular complexity index is 1160. The van der Waals surface area contributed by atoms with E-state index in [0.717, 1.165) is 12.8 Å². The second kappa shape index (κ2) is 16.1. The van der Waals surface area contributed by atoms with Crippen molar-refractivity contribution in [1.82, 2.24) is 0 Å². The molecule has 0 amide bonds. The van der Waals surface area contributed by atoms with Gasteiger partial charge in [0.2, 0.25) is 0 Å². The molecule has 0 heterocycles. The zero-order valence-electron chi connectivity index (χ0n) is 27.9. The molecule has 0 aromatic carbocycles. The minimum Gasteiger partial charge on any atom is -0.389 e. The van der Waals surface area contributed by atoms with Crippen molar-refractivity contribution in [3.05, 3.63) is 131 Å². The Kier molecular flexibility index (Phi) is 13.5. The van der Waals surface area contributed by atoms with Gasteiger partial charge in [0.05, 0.1) is 12.2 Å². The van der Waals surface area contributed by atoms with E-state index in [2.05, 4.69) is 154 Å². The zero-order valence-corrected chi connectivity index (χ0v) is 27.9. The van der Waals surface area contributed by atoms with E-state index in [4.69, 9.17) is 0 Å². The molecule has 0 saturated heterocycles. The molecule has 0 fully saturated rings. The van der Waals surface area contributed by atoms with Gasteiger partial charge in [-0.15, -0.1) is 0 Å². The van der Waals surface area contributed by atoms with Gasteiger partial charge in [-0.25, -0.2) is 0 Å². The van der Waals surface area contributed by atoms with E-state index in [-0.39, 0.29) is 23.0 Å². The molecule has 2 rings (SSSR count). The van der Waals surface area contributed by atoms with Crippen LogP contribution in [0.2, 0.25) is 0 Å². The van der Waals surface area contributed by atoms with Gasteiger partial charge in [-0.05, 0) is 65.2 Å². The summed E-state index contributed by atoms with van der Waals surface area (Å²) in [4.78, 5) is 0. The van der Waals surface area contributed by atoms with Crippen LogP contribution in [0.3, 0.4) is 0 Å². The quantitative estimate of drug-likeness (QED) is 0.203. The predicted octanol–water partition coefficient (Wildman–Crippen LogP) is 10.3. The fraction of sp³-hybridized carbons (Fsp3) is 0.450. The van der Waals surface area contributed by atoms with E-state index in [1.807, 2.05) is 12.2 Å². The fourth-order valence-corrected chi connectivity index (χ4v) is 6.16. The van der Waals surface area contributed by atoms with Crippen LogP contribution in [-0.2, 0) is 0 Å². The molecule has 2 aliphatic carbocycles. The molecule has 0 spiro atoms. The van der Waals surface area contributed by atoms with Gasteiger partial charge in [0.25, 0.3) is 0 Å². The average Bonchev–Trinajstić information content (AvgIpc) is 2.84. The van der Waals surface area contributed by atoms with Crippen LogP contribution in [0.15, 0.2) is 131 Å². The third kappa shape index (κ3) is 11.7. The maximum absolute atomic E-state index is 10.1. The summed E-state index contributed by atoms with van der Waals surface area (Å²) in [7, 11) is 0. The molecule has 0 radical (unpaired) electrons. The first-order chi connectivity index (χ1) is 19.6. The third-order valence-corrected chi connectivity index (χ3v) is 8.41. The molecule has 2 heteroatoms. The van der Waals surface area contributed by atoms with E-state index in [9.17, 15) is 10.2 Å². The molecule has 0 unspecified atom stereocenters. The zero-order chi connectivity index (χ0) is 31.5. The van der Waals surface area contributed by atoms with E-state index in [1.165, 1.54) is 33.4 Å². The van der Waals surface area contributed by atoms with Gasteiger partial charge in [0.1, 0.15) is 0 Å². The van der Waals surface area contributed by atoms with Gasteiger partial charge in [-0.1, -0.05) is 158 Å². The number of rotatable bonds is 10. The highest BCUT2D eigenvalue weighted by atomic mass is 16.3. The summed E-state index contributed by atoms with van der Waals surface area (Å²) in [6.07, 6.45) is 35.0. The Balaban J connectivity index is 1.89. The monoisotopic (exact) mass is 568 g/mol. The first-order valence-corrected chi connectivity index (χ1v) is 15.4. The predicted molar refractivity (Wildman–Crippen MR) is 184 cm³/mol. The van der Waals surface area contributed by atoms with Crippen molar-refractivity contribution in [1.29, 1.82) is 0 Å². The van der Waals surface area contributed by atoms with Gasteiger partial charge < -0.3 is 10.2 Å². The smallest absolute Gasteiger partial charge is 0.0729 e. The average molecular weight is 569 g/mol. The van der Waals surface area contributed by atoms with Gasteiger partial charge in [0, 0.05) is 11.8 Å². The third-order valence-electron chi connectivity index (χ3n) is 8.41.